The third-order valence-corrected chi connectivity index (χ3v) is 4.71. The largest absolute Gasteiger partial charge is 0.490 e. The summed E-state index contributed by atoms with van der Waals surface area (Å²) < 4.78 is 11.8. The summed E-state index contributed by atoms with van der Waals surface area (Å²) in [5.74, 6) is 0.519. The minimum atomic E-state index is -0.467. The topological polar surface area (TPSA) is 88.7 Å². The Bertz CT molecular complexity index is 933. The number of thiocarbonyl (C=S) groups is 1. The maximum Gasteiger partial charge on any atom is 0.276 e. The van der Waals surface area contributed by atoms with Crippen molar-refractivity contribution in [1.29, 1.82) is 0 Å². The molecule has 0 aromatic heterocycles. The average Bonchev–Trinajstić information content (AvgIpc) is 2.71. The van der Waals surface area contributed by atoms with Gasteiger partial charge in [-0.15, -0.1) is 0 Å². The first-order valence-electron chi connectivity index (χ1n) is 9.75. The Kier molecular flexibility index (Phi) is 9.26. The van der Waals surface area contributed by atoms with Gasteiger partial charge >= 0.3 is 0 Å². The van der Waals surface area contributed by atoms with Gasteiger partial charge in [0.2, 0.25) is 0 Å². The molecule has 31 heavy (non-hydrogen) atoms. The zero-order valence-corrected chi connectivity index (χ0v) is 20.2. The SMILES string of the molecule is CC(C)Oc1ccc(Br)cc1C(=O)NC(=S)NNC(=O)COc1ccc(C(C)C)cc1. The van der Waals surface area contributed by atoms with Crippen molar-refractivity contribution in [3.8, 4) is 11.5 Å². The molecule has 0 aliphatic rings. The van der Waals surface area contributed by atoms with Gasteiger partial charge in [0.25, 0.3) is 11.8 Å². The van der Waals surface area contributed by atoms with Crippen molar-refractivity contribution in [2.24, 2.45) is 0 Å². The molecule has 0 fully saturated rings. The smallest absolute Gasteiger partial charge is 0.276 e. The van der Waals surface area contributed by atoms with E-state index in [0.29, 0.717) is 23.0 Å². The van der Waals surface area contributed by atoms with Gasteiger partial charge in [-0.2, -0.15) is 0 Å². The third-order valence-electron chi connectivity index (χ3n) is 4.01. The lowest BCUT2D eigenvalue weighted by atomic mass is 10.0. The highest BCUT2D eigenvalue weighted by molar-refractivity contribution is 9.10. The van der Waals surface area contributed by atoms with E-state index in [1.807, 2.05) is 38.1 Å². The van der Waals surface area contributed by atoms with Crippen molar-refractivity contribution in [2.45, 2.75) is 39.7 Å². The summed E-state index contributed by atoms with van der Waals surface area (Å²) in [6.45, 7) is 7.73. The maximum atomic E-state index is 12.6. The fourth-order valence-electron chi connectivity index (χ4n) is 2.50. The third kappa shape index (κ3) is 8.18. The number of hydrogen-bond acceptors (Lipinski definition) is 5. The number of amides is 2. The summed E-state index contributed by atoms with van der Waals surface area (Å²) in [5, 5.41) is 2.45. The summed E-state index contributed by atoms with van der Waals surface area (Å²) in [5.41, 5.74) is 6.37. The van der Waals surface area contributed by atoms with Crippen molar-refractivity contribution in [3.05, 3.63) is 58.1 Å². The van der Waals surface area contributed by atoms with Gasteiger partial charge in [0.1, 0.15) is 11.5 Å². The molecule has 0 spiro atoms. The van der Waals surface area contributed by atoms with Crippen LogP contribution < -0.4 is 25.6 Å². The zero-order valence-electron chi connectivity index (χ0n) is 17.8. The molecule has 2 amide bonds. The normalized spacial score (nSPS) is 10.5. The quantitative estimate of drug-likeness (QED) is 0.386. The Labute approximate surface area is 196 Å². The molecule has 2 aromatic rings. The molecule has 2 rings (SSSR count). The number of hydrazine groups is 1. The highest BCUT2D eigenvalue weighted by Crippen LogP contribution is 2.24. The number of carbonyl (C=O) groups excluding carboxylic acids is 2. The van der Waals surface area contributed by atoms with Crippen LogP contribution >= 0.6 is 28.1 Å². The van der Waals surface area contributed by atoms with E-state index >= 15 is 0 Å². The highest BCUT2D eigenvalue weighted by Gasteiger charge is 2.16. The van der Waals surface area contributed by atoms with E-state index in [1.54, 1.807) is 18.2 Å². The molecule has 2 aromatic carbocycles. The predicted octanol–water partition coefficient (Wildman–Crippen LogP) is 4.07. The first-order chi connectivity index (χ1) is 14.7. The first-order valence-corrected chi connectivity index (χ1v) is 10.9. The Morgan fingerprint density at radius 2 is 1.71 bits per heavy atom. The Hall–Kier alpha value is -2.65. The number of ether oxygens (including phenoxy) is 2. The number of nitrogens with one attached hydrogen (secondary N) is 3. The molecule has 0 saturated heterocycles. The number of carbonyl (C=O) groups is 2. The van der Waals surface area contributed by atoms with Crippen LogP contribution in [0.15, 0.2) is 46.9 Å². The van der Waals surface area contributed by atoms with Crippen LogP contribution in [-0.4, -0.2) is 29.6 Å². The van der Waals surface area contributed by atoms with E-state index in [2.05, 4.69) is 45.9 Å². The maximum absolute atomic E-state index is 12.6. The van der Waals surface area contributed by atoms with Crippen molar-refractivity contribution < 1.29 is 19.1 Å². The highest BCUT2D eigenvalue weighted by atomic mass is 79.9. The van der Waals surface area contributed by atoms with Gasteiger partial charge in [-0.3, -0.25) is 25.8 Å². The van der Waals surface area contributed by atoms with Crippen molar-refractivity contribution in [3.63, 3.8) is 0 Å². The van der Waals surface area contributed by atoms with E-state index in [0.717, 1.165) is 4.47 Å². The van der Waals surface area contributed by atoms with E-state index in [1.165, 1.54) is 5.56 Å². The Morgan fingerprint density at radius 3 is 2.32 bits per heavy atom. The second-order valence-corrected chi connectivity index (χ2v) is 8.60. The predicted molar refractivity (Wildman–Crippen MR) is 127 cm³/mol. The molecule has 0 saturated carbocycles. The average molecular weight is 508 g/mol. The van der Waals surface area contributed by atoms with Crippen LogP contribution in [0.1, 0.15) is 49.5 Å². The number of hydrogen-bond donors (Lipinski definition) is 3. The molecule has 0 aliphatic heterocycles. The summed E-state index contributed by atoms with van der Waals surface area (Å²) in [6, 6.07) is 12.7. The van der Waals surface area contributed by atoms with Crippen LogP contribution in [0.4, 0.5) is 0 Å². The fraction of sp³-hybridized carbons (Fsp3) is 0.318. The van der Waals surface area contributed by atoms with Gasteiger partial charge in [-0.1, -0.05) is 41.9 Å². The molecule has 166 valence electrons. The van der Waals surface area contributed by atoms with Crippen LogP contribution in [0.25, 0.3) is 0 Å². The van der Waals surface area contributed by atoms with Crippen LogP contribution in [0.5, 0.6) is 11.5 Å². The van der Waals surface area contributed by atoms with Gasteiger partial charge in [0.05, 0.1) is 11.7 Å². The lowest BCUT2D eigenvalue weighted by Crippen LogP contribution is -2.49. The number of rotatable bonds is 7. The first kappa shape index (κ1) is 24.6. The molecule has 0 radical (unpaired) electrons. The van der Waals surface area contributed by atoms with E-state index in [4.69, 9.17) is 21.7 Å². The van der Waals surface area contributed by atoms with Crippen LogP contribution in [0.2, 0.25) is 0 Å². The Morgan fingerprint density at radius 1 is 1.03 bits per heavy atom. The minimum absolute atomic E-state index is 0.0601. The van der Waals surface area contributed by atoms with Gasteiger partial charge < -0.3 is 9.47 Å². The Balaban J connectivity index is 1.82. The van der Waals surface area contributed by atoms with E-state index in [9.17, 15) is 9.59 Å². The molecule has 7 nitrogen and oxygen atoms in total. The van der Waals surface area contributed by atoms with E-state index in [-0.39, 0.29) is 17.8 Å². The minimum Gasteiger partial charge on any atom is -0.490 e. The lowest BCUT2D eigenvalue weighted by Gasteiger charge is -2.15. The molecule has 0 unspecified atom stereocenters. The summed E-state index contributed by atoms with van der Waals surface area (Å²) in [7, 11) is 0. The summed E-state index contributed by atoms with van der Waals surface area (Å²) in [6.07, 6.45) is -0.0985. The van der Waals surface area contributed by atoms with Crippen LogP contribution in [-0.2, 0) is 4.79 Å². The fourth-order valence-corrected chi connectivity index (χ4v) is 3.00. The van der Waals surface area contributed by atoms with Gasteiger partial charge in [0, 0.05) is 4.47 Å². The van der Waals surface area contributed by atoms with Crippen LogP contribution in [0.3, 0.4) is 0 Å². The second-order valence-electron chi connectivity index (χ2n) is 7.28. The standard InChI is InChI=1S/C22H26BrN3O4S/c1-13(2)15-5-8-17(9-6-15)29-12-20(27)25-26-22(31)24-21(28)18-11-16(23)7-10-19(18)30-14(3)4/h5-11,13-14H,12H2,1-4H3,(H,25,27)(H2,24,26,28,31). The van der Waals surface area contributed by atoms with Gasteiger partial charge in [-0.05, 0) is 67.9 Å². The molecule has 3 N–H and O–H groups in total. The monoisotopic (exact) mass is 507 g/mol. The molecule has 0 heterocycles. The van der Waals surface area contributed by atoms with E-state index < -0.39 is 11.8 Å². The van der Waals surface area contributed by atoms with Crippen LogP contribution in [0, 0.1) is 0 Å². The summed E-state index contributed by atoms with van der Waals surface area (Å²) >= 11 is 8.42. The number of benzene rings is 2. The van der Waals surface area contributed by atoms with Gasteiger partial charge in [0.15, 0.2) is 11.7 Å². The molecule has 9 heteroatoms. The second kappa shape index (κ2) is 11.7. The van der Waals surface area contributed by atoms with Crippen molar-refractivity contribution >= 4 is 45.1 Å². The van der Waals surface area contributed by atoms with Crippen molar-refractivity contribution in [1.82, 2.24) is 16.2 Å². The molecular formula is C22H26BrN3O4S. The molecule has 0 aliphatic carbocycles. The number of halogens is 1. The summed E-state index contributed by atoms with van der Waals surface area (Å²) in [4.78, 5) is 24.5. The van der Waals surface area contributed by atoms with Gasteiger partial charge in [-0.25, -0.2) is 0 Å². The molecule has 0 atom stereocenters. The lowest BCUT2D eigenvalue weighted by molar-refractivity contribution is -0.123. The zero-order chi connectivity index (χ0) is 23.0. The molecule has 0 bridgehead atoms. The van der Waals surface area contributed by atoms with Crippen molar-refractivity contribution in [2.75, 3.05) is 6.61 Å². The molecular weight excluding hydrogens is 482 g/mol.